The average molecular weight is 384 g/mol. The van der Waals surface area contributed by atoms with E-state index in [1.807, 2.05) is 24.4 Å². The van der Waals surface area contributed by atoms with Gasteiger partial charge in [-0.25, -0.2) is 0 Å². The highest BCUT2D eigenvalue weighted by atomic mass is 28.4. The van der Waals surface area contributed by atoms with Crippen molar-refractivity contribution >= 4 is 19.2 Å². The summed E-state index contributed by atoms with van der Waals surface area (Å²) in [6.45, 7) is 11.2. The summed E-state index contributed by atoms with van der Waals surface area (Å²) in [5, 5.41) is 1.27. The van der Waals surface area contributed by atoms with Crippen LogP contribution >= 0.6 is 0 Å². The molecule has 4 nitrogen and oxygen atoms in total. The molecule has 0 bridgehead atoms. The van der Waals surface area contributed by atoms with Gasteiger partial charge in [0.25, 0.3) is 8.32 Å². The normalized spacial score (nSPS) is 12.3. The summed E-state index contributed by atoms with van der Waals surface area (Å²) in [6.07, 6.45) is 2.03. The highest BCUT2D eigenvalue weighted by molar-refractivity contribution is 6.74. The predicted octanol–water partition coefficient (Wildman–Crippen LogP) is 6.24. The van der Waals surface area contributed by atoms with Crippen molar-refractivity contribution in [2.75, 3.05) is 14.2 Å². The third-order valence-corrected chi connectivity index (χ3v) is 9.88. The lowest BCUT2D eigenvalue weighted by atomic mass is 10.0. The van der Waals surface area contributed by atoms with Gasteiger partial charge in [0.1, 0.15) is 11.5 Å². The summed E-state index contributed by atoms with van der Waals surface area (Å²) in [7, 11) is 1.39. The molecular weight excluding hydrogens is 354 g/mol. The fourth-order valence-corrected chi connectivity index (χ4v) is 3.84. The zero-order valence-electron chi connectivity index (χ0n) is 17.3. The maximum absolute atomic E-state index is 6.56. The van der Waals surface area contributed by atoms with Crippen molar-refractivity contribution in [3.05, 3.63) is 42.6 Å². The van der Waals surface area contributed by atoms with E-state index >= 15 is 0 Å². The highest BCUT2D eigenvalue weighted by Gasteiger charge is 2.39. The van der Waals surface area contributed by atoms with Gasteiger partial charge in [-0.2, -0.15) is 0 Å². The Morgan fingerprint density at radius 1 is 0.889 bits per heavy atom. The first kappa shape index (κ1) is 19.4. The second-order valence-corrected chi connectivity index (χ2v) is 13.1. The standard InChI is InChI=1S/C22H29NO3Si/c1-22(2,3)27(6,7)26-21-12-15(8-11-20(21)25-5)18-14-23-19-13-16(24-4)9-10-17(18)19/h8-14,23H,1-7H3. The van der Waals surface area contributed by atoms with Gasteiger partial charge >= 0.3 is 0 Å². The molecule has 0 aliphatic carbocycles. The summed E-state index contributed by atoms with van der Waals surface area (Å²) in [6, 6.07) is 12.2. The van der Waals surface area contributed by atoms with Crippen LogP contribution in [-0.2, 0) is 0 Å². The van der Waals surface area contributed by atoms with Gasteiger partial charge in [-0.3, -0.25) is 0 Å². The van der Waals surface area contributed by atoms with Crippen molar-refractivity contribution in [1.82, 2.24) is 4.98 Å². The zero-order valence-corrected chi connectivity index (χ0v) is 18.3. The van der Waals surface area contributed by atoms with Crippen molar-refractivity contribution in [3.8, 4) is 28.4 Å². The average Bonchev–Trinajstić information content (AvgIpc) is 3.03. The summed E-state index contributed by atoms with van der Waals surface area (Å²) in [4.78, 5) is 3.34. The van der Waals surface area contributed by atoms with Crippen LogP contribution in [0.4, 0.5) is 0 Å². The summed E-state index contributed by atoms with van der Waals surface area (Å²) >= 11 is 0. The lowest BCUT2D eigenvalue weighted by molar-refractivity contribution is 0.386. The van der Waals surface area contributed by atoms with E-state index in [1.165, 1.54) is 0 Å². The summed E-state index contributed by atoms with van der Waals surface area (Å²) < 4.78 is 17.4. The number of aromatic nitrogens is 1. The molecule has 1 aromatic heterocycles. The number of hydrogen-bond donors (Lipinski definition) is 1. The molecule has 0 atom stereocenters. The first-order valence-corrected chi connectivity index (χ1v) is 12.1. The molecule has 2 aromatic carbocycles. The number of ether oxygens (including phenoxy) is 2. The molecule has 0 radical (unpaired) electrons. The maximum atomic E-state index is 6.56. The molecule has 0 aliphatic heterocycles. The second-order valence-electron chi connectivity index (χ2n) is 8.34. The van der Waals surface area contributed by atoms with Gasteiger partial charge in [0.2, 0.25) is 0 Å². The Bertz CT molecular complexity index is 954. The number of nitrogens with one attached hydrogen (secondary N) is 1. The molecule has 0 spiro atoms. The van der Waals surface area contributed by atoms with E-state index < -0.39 is 8.32 Å². The zero-order chi connectivity index (χ0) is 19.8. The van der Waals surface area contributed by atoms with Crippen molar-refractivity contribution < 1.29 is 13.9 Å². The number of benzene rings is 2. The van der Waals surface area contributed by atoms with E-state index in [1.54, 1.807) is 14.2 Å². The number of hydrogen-bond acceptors (Lipinski definition) is 3. The molecular formula is C22H29NO3Si. The molecule has 0 amide bonds. The van der Waals surface area contributed by atoms with Crippen LogP contribution in [-0.4, -0.2) is 27.5 Å². The molecule has 0 unspecified atom stereocenters. The smallest absolute Gasteiger partial charge is 0.250 e. The third kappa shape index (κ3) is 3.69. The first-order chi connectivity index (χ1) is 12.7. The second kappa shape index (κ2) is 6.96. The van der Waals surface area contributed by atoms with Crippen molar-refractivity contribution in [3.63, 3.8) is 0 Å². The maximum Gasteiger partial charge on any atom is 0.250 e. The van der Waals surface area contributed by atoms with Gasteiger partial charge in [0, 0.05) is 28.7 Å². The van der Waals surface area contributed by atoms with Gasteiger partial charge in [-0.05, 0) is 48.0 Å². The van der Waals surface area contributed by atoms with E-state index in [2.05, 4.69) is 57.0 Å². The minimum absolute atomic E-state index is 0.116. The third-order valence-electron chi connectivity index (χ3n) is 5.53. The lowest BCUT2D eigenvalue weighted by Gasteiger charge is -2.36. The van der Waals surface area contributed by atoms with E-state index in [9.17, 15) is 0 Å². The molecule has 3 aromatic rings. The fourth-order valence-electron chi connectivity index (χ4n) is 2.82. The molecule has 0 fully saturated rings. The molecule has 5 heteroatoms. The Labute approximate surface area is 162 Å². The van der Waals surface area contributed by atoms with Crippen LogP contribution < -0.4 is 13.9 Å². The van der Waals surface area contributed by atoms with E-state index in [4.69, 9.17) is 13.9 Å². The fraction of sp³-hybridized carbons (Fsp3) is 0.364. The monoisotopic (exact) mass is 383 g/mol. The number of H-pyrrole nitrogens is 1. The van der Waals surface area contributed by atoms with Crippen molar-refractivity contribution in [2.24, 2.45) is 0 Å². The van der Waals surface area contributed by atoms with Crippen LogP contribution in [0.1, 0.15) is 20.8 Å². The lowest BCUT2D eigenvalue weighted by Crippen LogP contribution is -2.43. The minimum atomic E-state index is -1.97. The van der Waals surface area contributed by atoms with E-state index in [0.29, 0.717) is 0 Å². The van der Waals surface area contributed by atoms with Crippen molar-refractivity contribution in [2.45, 2.75) is 38.9 Å². The SMILES string of the molecule is COc1ccc2c(-c3ccc(OC)c(O[Si](C)(C)C(C)(C)C)c3)c[nH]c2c1. The molecule has 3 rings (SSSR count). The van der Waals surface area contributed by atoms with Crippen LogP contribution in [0.2, 0.25) is 18.1 Å². The molecule has 0 saturated heterocycles. The van der Waals surface area contributed by atoms with Crippen LogP contribution in [0.25, 0.3) is 22.0 Å². The Balaban J connectivity index is 2.06. The first-order valence-electron chi connectivity index (χ1n) is 9.19. The van der Waals surface area contributed by atoms with Crippen LogP contribution in [0.15, 0.2) is 42.6 Å². The molecule has 1 heterocycles. The van der Waals surface area contributed by atoms with Gasteiger partial charge in [0.15, 0.2) is 5.75 Å². The molecule has 27 heavy (non-hydrogen) atoms. The van der Waals surface area contributed by atoms with Gasteiger partial charge in [-0.1, -0.05) is 26.8 Å². The largest absolute Gasteiger partial charge is 0.541 e. The summed E-state index contributed by atoms with van der Waals surface area (Å²) in [5.41, 5.74) is 3.28. The predicted molar refractivity (Wildman–Crippen MR) is 115 cm³/mol. The van der Waals surface area contributed by atoms with Crippen LogP contribution in [0.3, 0.4) is 0 Å². The Morgan fingerprint density at radius 2 is 1.63 bits per heavy atom. The quantitative estimate of drug-likeness (QED) is 0.531. The Hall–Kier alpha value is -2.40. The molecule has 0 aliphatic rings. The minimum Gasteiger partial charge on any atom is -0.541 e. The molecule has 1 N–H and O–H groups in total. The number of rotatable bonds is 5. The molecule has 0 saturated carbocycles. The van der Waals surface area contributed by atoms with Crippen LogP contribution in [0, 0.1) is 0 Å². The number of methoxy groups -OCH3 is 2. The highest BCUT2D eigenvalue weighted by Crippen LogP contribution is 2.42. The van der Waals surface area contributed by atoms with Gasteiger partial charge in [-0.15, -0.1) is 0 Å². The van der Waals surface area contributed by atoms with E-state index in [-0.39, 0.29) is 5.04 Å². The Kier molecular flexibility index (Phi) is 4.99. The van der Waals surface area contributed by atoms with Gasteiger partial charge in [0.05, 0.1) is 14.2 Å². The number of fused-ring (bicyclic) bond motifs is 1. The van der Waals surface area contributed by atoms with Crippen LogP contribution in [0.5, 0.6) is 17.2 Å². The number of aromatic amines is 1. The van der Waals surface area contributed by atoms with Crippen molar-refractivity contribution in [1.29, 1.82) is 0 Å². The van der Waals surface area contributed by atoms with E-state index in [0.717, 1.165) is 39.3 Å². The Morgan fingerprint density at radius 3 is 2.26 bits per heavy atom. The topological polar surface area (TPSA) is 43.5 Å². The summed E-state index contributed by atoms with van der Waals surface area (Å²) in [5.74, 6) is 2.42. The molecule has 144 valence electrons. The van der Waals surface area contributed by atoms with Gasteiger partial charge < -0.3 is 18.9 Å².